The molecule has 142 valence electrons. The molecule has 0 bridgehead atoms. The van der Waals surface area contributed by atoms with E-state index in [0.717, 1.165) is 6.08 Å². The standard InChI is InChI=1S/C18H14O8.CH4/c19-8-12-5-11(1-3-13(12)21)2-4-18(22)26-17-7-15-14(24-10-25-15)6-16(17)23-9-20;/h1-7,9,19,21H,8,10H2;1H4/b4-2+;. The Hall–Kier alpha value is -3.52. The average molecular weight is 374 g/mol. The van der Waals surface area contributed by atoms with E-state index in [1.54, 1.807) is 6.07 Å². The number of phenols is 1. The zero-order valence-electron chi connectivity index (χ0n) is 13.4. The van der Waals surface area contributed by atoms with Crippen LogP contribution in [0.5, 0.6) is 28.7 Å². The second-order valence-corrected chi connectivity index (χ2v) is 5.17. The molecule has 0 aliphatic carbocycles. The minimum Gasteiger partial charge on any atom is -0.508 e. The van der Waals surface area contributed by atoms with Gasteiger partial charge in [-0.3, -0.25) is 4.79 Å². The second-order valence-electron chi connectivity index (χ2n) is 5.17. The average Bonchev–Trinajstić information content (AvgIpc) is 3.08. The van der Waals surface area contributed by atoms with E-state index in [1.165, 1.54) is 30.3 Å². The molecule has 0 radical (unpaired) electrons. The van der Waals surface area contributed by atoms with E-state index in [4.69, 9.17) is 24.1 Å². The van der Waals surface area contributed by atoms with Gasteiger partial charge in [0.05, 0.1) is 6.61 Å². The number of carbonyl (C=O) groups is 2. The van der Waals surface area contributed by atoms with Crippen molar-refractivity contribution in [1.29, 1.82) is 0 Å². The maximum absolute atomic E-state index is 12.0. The summed E-state index contributed by atoms with van der Waals surface area (Å²) in [7, 11) is 0. The van der Waals surface area contributed by atoms with Crippen molar-refractivity contribution in [2.24, 2.45) is 0 Å². The van der Waals surface area contributed by atoms with Crippen molar-refractivity contribution in [1.82, 2.24) is 0 Å². The van der Waals surface area contributed by atoms with Crippen molar-refractivity contribution in [2.45, 2.75) is 14.0 Å². The fourth-order valence-corrected chi connectivity index (χ4v) is 2.27. The van der Waals surface area contributed by atoms with Gasteiger partial charge in [-0.05, 0) is 23.8 Å². The zero-order chi connectivity index (χ0) is 18.5. The minimum atomic E-state index is -0.724. The monoisotopic (exact) mass is 374 g/mol. The van der Waals surface area contributed by atoms with Gasteiger partial charge in [0.1, 0.15) is 5.75 Å². The van der Waals surface area contributed by atoms with Crippen molar-refractivity contribution >= 4 is 18.5 Å². The number of ether oxygens (including phenoxy) is 4. The Morgan fingerprint density at radius 1 is 1.15 bits per heavy atom. The molecule has 0 saturated carbocycles. The maximum Gasteiger partial charge on any atom is 0.336 e. The van der Waals surface area contributed by atoms with Gasteiger partial charge in [0, 0.05) is 23.8 Å². The Balaban J connectivity index is 0.00000261. The van der Waals surface area contributed by atoms with Gasteiger partial charge in [-0.15, -0.1) is 0 Å². The van der Waals surface area contributed by atoms with Gasteiger partial charge in [0.2, 0.25) is 6.79 Å². The Labute approximate surface area is 155 Å². The van der Waals surface area contributed by atoms with Crippen LogP contribution < -0.4 is 18.9 Å². The summed E-state index contributed by atoms with van der Waals surface area (Å²) < 4.78 is 20.3. The third-order valence-corrected chi connectivity index (χ3v) is 3.51. The Morgan fingerprint density at radius 2 is 1.85 bits per heavy atom. The number of aliphatic hydroxyl groups is 1. The van der Waals surface area contributed by atoms with Gasteiger partial charge >= 0.3 is 5.97 Å². The summed E-state index contributed by atoms with van der Waals surface area (Å²) in [6.45, 7) is -0.111. The Morgan fingerprint density at radius 3 is 2.52 bits per heavy atom. The molecule has 2 N–H and O–H groups in total. The highest BCUT2D eigenvalue weighted by atomic mass is 16.7. The number of carbonyl (C=O) groups excluding carboxylic acids is 2. The van der Waals surface area contributed by atoms with Crippen LogP contribution in [0.1, 0.15) is 18.6 Å². The van der Waals surface area contributed by atoms with Gasteiger partial charge in [-0.2, -0.15) is 0 Å². The molecule has 1 aliphatic rings. The van der Waals surface area contributed by atoms with Crippen LogP contribution in [0.4, 0.5) is 0 Å². The highest BCUT2D eigenvalue weighted by Gasteiger charge is 2.20. The molecule has 0 spiro atoms. The third-order valence-electron chi connectivity index (χ3n) is 3.51. The van der Waals surface area contributed by atoms with Gasteiger partial charge in [0.25, 0.3) is 6.47 Å². The molecular formula is C19H18O8. The summed E-state index contributed by atoms with van der Waals surface area (Å²) in [4.78, 5) is 22.7. The molecule has 0 atom stereocenters. The molecule has 0 aromatic heterocycles. The van der Waals surface area contributed by atoms with Crippen LogP contribution >= 0.6 is 0 Å². The van der Waals surface area contributed by atoms with Crippen molar-refractivity contribution in [3.63, 3.8) is 0 Å². The van der Waals surface area contributed by atoms with E-state index in [0.29, 0.717) is 22.6 Å². The van der Waals surface area contributed by atoms with E-state index in [2.05, 4.69) is 0 Å². The molecule has 1 heterocycles. The fourth-order valence-electron chi connectivity index (χ4n) is 2.27. The number of hydrogen-bond acceptors (Lipinski definition) is 8. The normalized spacial score (nSPS) is 11.7. The highest BCUT2D eigenvalue weighted by molar-refractivity contribution is 5.89. The van der Waals surface area contributed by atoms with E-state index in [1.807, 2.05) is 0 Å². The van der Waals surface area contributed by atoms with E-state index < -0.39 is 5.97 Å². The number of rotatable bonds is 6. The van der Waals surface area contributed by atoms with Crippen molar-refractivity contribution < 1.29 is 38.7 Å². The highest BCUT2D eigenvalue weighted by Crippen LogP contribution is 2.42. The van der Waals surface area contributed by atoms with Crippen LogP contribution in [0, 0.1) is 0 Å². The molecular weight excluding hydrogens is 356 g/mol. The lowest BCUT2D eigenvalue weighted by Gasteiger charge is -2.08. The Kier molecular flexibility index (Phi) is 6.40. The first kappa shape index (κ1) is 19.8. The lowest BCUT2D eigenvalue weighted by molar-refractivity contribution is -0.129. The summed E-state index contributed by atoms with van der Waals surface area (Å²) in [5, 5.41) is 18.7. The third kappa shape index (κ3) is 4.56. The largest absolute Gasteiger partial charge is 0.508 e. The van der Waals surface area contributed by atoms with Crippen molar-refractivity contribution in [2.75, 3.05) is 6.79 Å². The number of esters is 1. The molecule has 0 saturated heterocycles. The smallest absolute Gasteiger partial charge is 0.336 e. The SMILES string of the molecule is C.O=COc1cc2c(cc1OC(=O)/C=C/c1ccc(O)c(CO)c1)OCO2. The summed E-state index contributed by atoms with van der Waals surface area (Å²) >= 11 is 0. The lowest BCUT2D eigenvalue weighted by Crippen LogP contribution is -2.05. The molecule has 8 nitrogen and oxygen atoms in total. The van der Waals surface area contributed by atoms with Gasteiger partial charge < -0.3 is 29.2 Å². The van der Waals surface area contributed by atoms with Crippen LogP contribution in [0.25, 0.3) is 6.08 Å². The predicted octanol–water partition coefficient (Wildman–Crippen LogP) is 2.40. The maximum atomic E-state index is 12.0. The van der Waals surface area contributed by atoms with Crippen LogP contribution in [0.15, 0.2) is 36.4 Å². The zero-order valence-corrected chi connectivity index (χ0v) is 13.4. The summed E-state index contributed by atoms with van der Waals surface area (Å²) in [5.74, 6) is -0.0172. The summed E-state index contributed by atoms with van der Waals surface area (Å²) in [6, 6.07) is 7.28. The first-order valence-electron chi connectivity index (χ1n) is 7.47. The van der Waals surface area contributed by atoms with Crippen LogP contribution in [0.2, 0.25) is 0 Å². The van der Waals surface area contributed by atoms with Crippen LogP contribution in [0.3, 0.4) is 0 Å². The minimum absolute atomic E-state index is 0. The van der Waals surface area contributed by atoms with Crippen LogP contribution in [-0.4, -0.2) is 29.4 Å². The van der Waals surface area contributed by atoms with Crippen molar-refractivity contribution in [3.8, 4) is 28.7 Å². The summed E-state index contributed by atoms with van der Waals surface area (Å²) in [6.07, 6.45) is 2.61. The van der Waals surface area contributed by atoms with Gasteiger partial charge in [0.15, 0.2) is 23.0 Å². The first-order valence-corrected chi connectivity index (χ1v) is 7.47. The van der Waals surface area contributed by atoms with Gasteiger partial charge in [-0.1, -0.05) is 13.5 Å². The molecule has 1 aliphatic heterocycles. The molecule has 0 fully saturated rings. The molecule has 3 rings (SSSR count). The quantitative estimate of drug-likeness (QED) is 0.343. The fraction of sp³-hybridized carbons (Fsp3) is 0.158. The van der Waals surface area contributed by atoms with Gasteiger partial charge in [-0.25, -0.2) is 4.79 Å². The first-order chi connectivity index (χ1) is 12.6. The molecule has 0 amide bonds. The molecule has 8 heteroatoms. The number of hydrogen-bond donors (Lipinski definition) is 2. The molecule has 27 heavy (non-hydrogen) atoms. The molecule has 2 aromatic rings. The van der Waals surface area contributed by atoms with E-state index in [-0.39, 0.29) is 44.5 Å². The molecule has 2 aromatic carbocycles. The topological polar surface area (TPSA) is 112 Å². The molecule has 0 unspecified atom stereocenters. The number of benzene rings is 2. The van der Waals surface area contributed by atoms with E-state index >= 15 is 0 Å². The lowest BCUT2D eigenvalue weighted by atomic mass is 10.1. The number of fused-ring (bicyclic) bond motifs is 1. The van der Waals surface area contributed by atoms with Crippen molar-refractivity contribution in [3.05, 3.63) is 47.5 Å². The number of aromatic hydroxyl groups is 1. The number of aliphatic hydroxyl groups excluding tert-OH is 1. The second kappa shape index (κ2) is 8.72. The Bertz CT molecular complexity index is 872. The van der Waals surface area contributed by atoms with Crippen LogP contribution in [-0.2, 0) is 16.2 Å². The predicted molar refractivity (Wildman–Crippen MR) is 94.7 cm³/mol. The summed E-state index contributed by atoms with van der Waals surface area (Å²) in [5.41, 5.74) is 0.914. The van der Waals surface area contributed by atoms with E-state index in [9.17, 15) is 14.7 Å².